The van der Waals surface area contributed by atoms with Gasteiger partial charge in [0, 0.05) is 0 Å². The van der Waals surface area contributed by atoms with Crippen LogP contribution in [0.3, 0.4) is 0 Å². The lowest BCUT2D eigenvalue weighted by Gasteiger charge is -2.13. The van der Waals surface area contributed by atoms with Crippen LogP contribution in [0.5, 0.6) is 5.75 Å². The van der Waals surface area contributed by atoms with Crippen LogP contribution in [0.4, 0.5) is 0 Å². The number of rotatable bonds is 5. The van der Waals surface area contributed by atoms with Gasteiger partial charge in [-0.25, -0.2) is 0 Å². The van der Waals surface area contributed by atoms with Crippen LogP contribution in [-0.2, 0) is 11.2 Å². The Morgan fingerprint density at radius 3 is 2.53 bits per heavy atom. The highest BCUT2D eigenvalue weighted by atomic mass is 16.5. The van der Waals surface area contributed by atoms with Crippen molar-refractivity contribution in [1.29, 1.82) is 0 Å². The first kappa shape index (κ1) is 13.6. The Morgan fingerprint density at radius 1 is 1.35 bits per heavy atom. The van der Waals surface area contributed by atoms with Gasteiger partial charge in [0.25, 0.3) is 0 Å². The van der Waals surface area contributed by atoms with Gasteiger partial charge in [-0.05, 0) is 49.4 Å². The SMILES string of the molecule is COc1ccc(CCC(C)C(=O)O)c(C)c1C. The molecule has 1 atom stereocenters. The Balaban J connectivity index is 2.79. The zero-order chi connectivity index (χ0) is 13.0. The summed E-state index contributed by atoms with van der Waals surface area (Å²) in [5.74, 6) is -0.137. The number of carbonyl (C=O) groups is 1. The van der Waals surface area contributed by atoms with E-state index in [2.05, 4.69) is 6.92 Å². The molecule has 3 heteroatoms. The predicted molar refractivity (Wildman–Crippen MR) is 67.6 cm³/mol. The number of carboxylic acid groups (broad SMARTS) is 1. The Labute approximate surface area is 102 Å². The molecule has 1 unspecified atom stereocenters. The lowest BCUT2D eigenvalue weighted by molar-refractivity contribution is -0.141. The standard InChI is InChI=1S/C14H20O3/c1-9(14(15)16)5-6-12-7-8-13(17-4)11(3)10(12)2/h7-9H,5-6H2,1-4H3,(H,15,16). The zero-order valence-electron chi connectivity index (χ0n) is 10.9. The Kier molecular flexibility index (Phi) is 4.55. The van der Waals surface area contributed by atoms with E-state index in [0.717, 1.165) is 17.7 Å². The number of aryl methyl sites for hydroxylation is 1. The van der Waals surface area contributed by atoms with E-state index in [4.69, 9.17) is 9.84 Å². The molecule has 0 heterocycles. The van der Waals surface area contributed by atoms with Crippen LogP contribution in [0.1, 0.15) is 30.0 Å². The minimum atomic E-state index is -0.729. The number of hydrogen-bond acceptors (Lipinski definition) is 2. The molecule has 1 aromatic carbocycles. The fraction of sp³-hybridized carbons (Fsp3) is 0.500. The molecule has 1 aromatic rings. The highest BCUT2D eigenvalue weighted by Crippen LogP contribution is 2.25. The van der Waals surface area contributed by atoms with Gasteiger partial charge in [-0.2, -0.15) is 0 Å². The molecule has 0 aliphatic rings. The van der Waals surface area contributed by atoms with E-state index in [1.165, 1.54) is 11.1 Å². The summed E-state index contributed by atoms with van der Waals surface area (Å²) in [6.07, 6.45) is 1.46. The van der Waals surface area contributed by atoms with Gasteiger partial charge >= 0.3 is 5.97 Å². The first-order valence-corrected chi connectivity index (χ1v) is 5.83. The summed E-state index contributed by atoms with van der Waals surface area (Å²) in [6, 6.07) is 3.97. The van der Waals surface area contributed by atoms with Crippen molar-refractivity contribution in [3.8, 4) is 5.75 Å². The Morgan fingerprint density at radius 2 is 2.00 bits per heavy atom. The van der Waals surface area contributed by atoms with E-state index in [9.17, 15) is 4.79 Å². The summed E-state index contributed by atoms with van der Waals surface area (Å²) >= 11 is 0. The Hall–Kier alpha value is -1.51. The molecule has 0 saturated carbocycles. The first-order chi connectivity index (χ1) is 7.97. The normalized spacial score (nSPS) is 12.2. The summed E-state index contributed by atoms with van der Waals surface area (Å²) in [4.78, 5) is 10.8. The Bertz CT molecular complexity index is 410. The van der Waals surface area contributed by atoms with Crippen molar-refractivity contribution in [3.63, 3.8) is 0 Å². The summed E-state index contributed by atoms with van der Waals surface area (Å²) in [5, 5.41) is 8.85. The average molecular weight is 236 g/mol. The summed E-state index contributed by atoms with van der Waals surface area (Å²) in [7, 11) is 1.66. The van der Waals surface area contributed by atoms with Crippen LogP contribution in [0.15, 0.2) is 12.1 Å². The van der Waals surface area contributed by atoms with E-state index >= 15 is 0 Å². The monoisotopic (exact) mass is 236 g/mol. The maximum Gasteiger partial charge on any atom is 0.306 e. The molecule has 1 N–H and O–H groups in total. The minimum Gasteiger partial charge on any atom is -0.496 e. The average Bonchev–Trinajstić information content (AvgIpc) is 2.30. The van der Waals surface area contributed by atoms with E-state index in [1.807, 2.05) is 19.1 Å². The molecule has 0 aromatic heterocycles. The number of benzene rings is 1. The molecule has 0 radical (unpaired) electrons. The topological polar surface area (TPSA) is 46.5 Å². The van der Waals surface area contributed by atoms with Crippen molar-refractivity contribution in [2.24, 2.45) is 5.92 Å². The second-order valence-electron chi connectivity index (χ2n) is 4.45. The lowest BCUT2D eigenvalue weighted by Crippen LogP contribution is -2.10. The van der Waals surface area contributed by atoms with Crippen LogP contribution in [0.2, 0.25) is 0 Å². The van der Waals surface area contributed by atoms with Crippen LogP contribution >= 0.6 is 0 Å². The van der Waals surface area contributed by atoms with Gasteiger partial charge in [0.2, 0.25) is 0 Å². The van der Waals surface area contributed by atoms with Crippen LogP contribution < -0.4 is 4.74 Å². The fourth-order valence-electron chi connectivity index (χ4n) is 1.84. The van der Waals surface area contributed by atoms with E-state index in [-0.39, 0.29) is 5.92 Å². The molecule has 0 fully saturated rings. The molecule has 3 nitrogen and oxygen atoms in total. The molecule has 0 aliphatic carbocycles. The maximum atomic E-state index is 10.8. The second-order valence-corrected chi connectivity index (χ2v) is 4.45. The molecule has 0 amide bonds. The van der Waals surface area contributed by atoms with Gasteiger partial charge in [-0.3, -0.25) is 4.79 Å². The molecule has 17 heavy (non-hydrogen) atoms. The molecule has 0 aliphatic heterocycles. The van der Waals surface area contributed by atoms with Crippen LogP contribution in [0, 0.1) is 19.8 Å². The molecule has 94 valence electrons. The van der Waals surface area contributed by atoms with E-state index in [1.54, 1.807) is 14.0 Å². The van der Waals surface area contributed by atoms with Gasteiger partial charge < -0.3 is 9.84 Å². The summed E-state index contributed by atoms with van der Waals surface area (Å²) in [6.45, 7) is 5.82. The maximum absolute atomic E-state index is 10.8. The molecule has 0 spiro atoms. The third-order valence-electron chi connectivity index (χ3n) is 3.34. The number of aliphatic carboxylic acids is 1. The number of hydrogen-bond donors (Lipinski definition) is 1. The van der Waals surface area contributed by atoms with Crippen molar-refractivity contribution >= 4 is 5.97 Å². The highest BCUT2D eigenvalue weighted by molar-refractivity contribution is 5.69. The zero-order valence-corrected chi connectivity index (χ0v) is 10.9. The largest absolute Gasteiger partial charge is 0.496 e. The van der Waals surface area contributed by atoms with E-state index < -0.39 is 5.97 Å². The second kappa shape index (κ2) is 5.71. The molecule has 0 saturated heterocycles. The van der Waals surface area contributed by atoms with Gasteiger partial charge in [-0.15, -0.1) is 0 Å². The van der Waals surface area contributed by atoms with Gasteiger partial charge in [-0.1, -0.05) is 13.0 Å². The van der Waals surface area contributed by atoms with Crippen LogP contribution in [0.25, 0.3) is 0 Å². The predicted octanol–water partition coefficient (Wildman–Crippen LogP) is 2.97. The highest BCUT2D eigenvalue weighted by Gasteiger charge is 2.12. The first-order valence-electron chi connectivity index (χ1n) is 5.83. The van der Waals surface area contributed by atoms with Crippen molar-refractivity contribution < 1.29 is 14.6 Å². The summed E-state index contributed by atoms with van der Waals surface area (Å²) < 4.78 is 5.25. The van der Waals surface area contributed by atoms with E-state index in [0.29, 0.717) is 6.42 Å². The number of ether oxygens (including phenoxy) is 1. The quantitative estimate of drug-likeness (QED) is 0.855. The molecule has 1 rings (SSSR count). The summed E-state index contributed by atoms with van der Waals surface area (Å²) in [5.41, 5.74) is 3.53. The smallest absolute Gasteiger partial charge is 0.306 e. The third kappa shape index (κ3) is 3.22. The van der Waals surface area contributed by atoms with Gasteiger partial charge in [0.15, 0.2) is 0 Å². The molecular weight excluding hydrogens is 216 g/mol. The van der Waals surface area contributed by atoms with Crippen molar-refractivity contribution in [1.82, 2.24) is 0 Å². The number of carboxylic acids is 1. The molecule has 0 bridgehead atoms. The van der Waals surface area contributed by atoms with Gasteiger partial charge in [0.05, 0.1) is 13.0 Å². The van der Waals surface area contributed by atoms with Crippen molar-refractivity contribution in [3.05, 3.63) is 28.8 Å². The minimum absolute atomic E-state index is 0.295. The number of methoxy groups -OCH3 is 1. The molecular formula is C14H20O3. The lowest BCUT2D eigenvalue weighted by atomic mass is 9.95. The van der Waals surface area contributed by atoms with Gasteiger partial charge in [0.1, 0.15) is 5.75 Å². The van der Waals surface area contributed by atoms with Crippen molar-refractivity contribution in [2.45, 2.75) is 33.6 Å². The third-order valence-corrected chi connectivity index (χ3v) is 3.34. The van der Waals surface area contributed by atoms with Crippen molar-refractivity contribution in [2.75, 3.05) is 7.11 Å². The van der Waals surface area contributed by atoms with Crippen LogP contribution in [-0.4, -0.2) is 18.2 Å². The fourth-order valence-corrected chi connectivity index (χ4v) is 1.84.